The zero-order chi connectivity index (χ0) is 13.4. The SMILES string of the molecule is O=C1CN(Cc2cncn2C2CC2)C(C(=O)O)CN1. The van der Waals surface area contributed by atoms with Crippen LogP contribution >= 0.6 is 0 Å². The third-order valence-corrected chi connectivity index (χ3v) is 3.62. The number of aliphatic carboxylic acids is 1. The molecule has 1 aliphatic carbocycles. The Morgan fingerprint density at radius 2 is 2.32 bits per heavy atom. The molecule has 102 valence electrons. The van der Waals surface area contributed by atoms with Gasteiger partial charge in [-0.2, -0.15) is 0 Å². The second-order valence-corrected chi connectivity index (χ2v) is 5.09. The lowest BCUT2D eigenvalue weighted by Crippen LogP contribution is -2.57. The summed E-state index contributed by atoms with van der Waals surface area (Å²) in [6.45, 7) is 0.722. The van der Waals surface area contributed by atoms with Gasteiger partial charge in [0.1, 0.15) is 6.04 Å². The van der Waals surface area contributed by atoms with Crippen LogP contribution in [0.2, 0.25) is 0 Å². The standard InChI is InChI=1S/C12H16N4O3/c17-11-6-15(10(4-14-11)12(18)19)5-9-3-13-7-16(9)8-1-2-8/h3,7-8,10H,1-2,4-6H2,(H,14,17)(H,18,19). The number of nitrogens with zero attached hydrogens (tertiary/aromatic N) is 3. The summed E-state index contributed by atoms with van der Waals surface area (Å²) in [6.07, 6.45) is 5.83. The topological polar surface area (TPSA) is 87.5 Å². The van der Waals surface area contributed by atoms with Gasteiger partial charge in [0.2, 0.25) is 5.91 Å². The van der Waals surface area contributed by atoms with Crippen molar-refractivity contribution in [1.29, 1.82) is 0 Å². The van der Waals surface area contributed by atoms with Gasteiger partial charge in [-0.25, -0.2) is 4.98 Å². The normalized spacial score (nSPS) is 24.2. The molecule has 1 atom stereocenters. The summed E-state index contributed by atoms with van der Waals surface area (Å²) < 4.78 is 2.09. The summed E-state index contributed by atoms with van der Waals surface area (Å²) in [7, 11) is 0. The molecule has 1 saturated heterocycles. The number of carboxylic acids is 1. The van der Waals surface area contributed by atoms with E-state index < -0.39 is 12.0 Å². The van der Waals surface area contributed by atoms with E-state index in [0.29, 0.717) is 12.6 Å². The Labute approximate surface area is 110 Å². The van der Waals surface area contributed by atoms with Crippen LogP contribution < -0.4 is 5.32 Å². The molecule has 2 aliphatic rings. The van der Waals surface area contributed by atoms with Crippen LogP contribution in [0.25, 0.3) is 0 Å². The van der Waals surface area contributed by atoms with E-state index in [2.05, 4.69) is 14.9 Å². The van der Waals surface area contributed by atoms with Crippen molar-refractivity contribution in [2.75, 3.05) is 13.1 Å². The first-order valence-corrected chi connectivity index (χ1v) is 6.39. The molecule has 3 rings (SSSR count). The van der Waals surface area contributed by atoms with Gasteiger partial charge in [-0.3, -0.25) is 14.5 Å². The Morgan fingerprint density at radius 3 is 3.00 bits per heavy atom. The predicted molar refractivity (Wildman–Crippen MR) is 65.3 cm³/mol. The lowest BCUT2D eigenvalue weighted by Gasteiger charge is -2.32. The van der Waals surface area contributed by atoms with Gasteiger partial charge in [-0.05, 0) is 12.8 Å². The molecule has 1 unspecified atom stereocenters. The molecule has 0 radical (unpaired) electrons. The average molecular weight is 264 g/mol. The number of imidazole rings is 1. The van der Waals surface area contributed by atoms with Crippen molar-refractivity contribution in [2.45, 2.75) is 31.5 Å². The summed E-state index contributed by atoms with van der Waals surface area (Å²) in [5, 5.41) is 11.8. The first-order chi connectivity index (χ1) is 9.15. The molecular weight excluding hydrogens is 248 g/mol. The highest BCUT2D eigenvalue weighted by Crippen LogP contribution is 2.35. The highest BCUT2D eigenvalue weighted by atomic mass is 16.4. The molecule has 19 heavy (non-hydrogen) atoms. The van der Waals surface area contributed by atoms with Crippen LogP contribution in [0.1, 0.15) is 24.6 Å². The molecule has 1 saturated carbocycles. The summed E-state index contributed by atoms with van der Waals surface area (Å²) in [5.41, 5.74) is 0.975. The number of nitrogens with one attached hydrogen (secondary N) is 1. The zero-order valence-electron chi connectivity index (χ0n) is 10.5. The van der Waals surface area contributed by atoms with E-state index in [0.717, 1.165) is 18.5 Å². The number of hydrogen-bond acceptors (Lipinski definition) is 4. The molecular formula is C12H16N4O3. The maximum Gasteiger partial charge on any atom is 0.322 e. The van der Waals surface area contributed by atoms with Crippen molar-refractivity contribution in [3.63, 3.8) is 0 Å². The van der Waals surface area contributed by atoms with Gasteiger partial charge in [0.15, 0.2) is 0 Å². The van der Waals surface area contributed by atoms with Crippen molar-refractivity contribution >= 4 is 11.9 Å². The number of rotatable bonds is 4. The molecule has 7 heteroatoms. The van der Waals surface area contributed by atoms with Crippen molar-refractivity contribution in [1.82, 2.24) is 19.8 Å². The van der Waals surface area contributed by atoms with Crippen molar-refractivity contribution in [2.24, 2.45) is 0 Å². The number of amides is 1. The van der Waals surface area contributed by atoms with Gasteiger partial charge in [-0.1, -0.05) is 0 Å². The van der Waals surface area contributed by atoms with Gasteiger partial charge in [0.25, 0.3) is 0 Å². The molecule has 2 heterocycles. The molecule has 0 spiro atoms. The maximum absolute atomic E-state index is 11.4. The van der Waals surface area contributed by atoms with Crippen molar-refractivity contribution < 1.29 is 14.7 Å². The summed E-state index contributed by atoms with van der Waals surface area (Å²) in [5.74, 6) is -1.03. The Morgan fingerprint density at radius 1 is 1.53 bits per heavy atom. The molecule has 0 bridgehead atoms. The minimum absolute atomic E-state index is 0.118. The summed E-state index contributed by atoms with van der Waals surface area (Å²) >= 11 is 0. The van der Waals surface area contributed by atoms with E-state index >= 15 is 0 Å². The predicted octanol–water partition coefficient (Wildman–Crippen LogP) is -0.397. The third-order valence-electron chi connectivity index (χ3n) is 3.62. The summed E-state index contributed by atoms with van der Waals surface area (Å²) in [4.78, 5) is 28.5. The largest absolute Gasteiger partial charge is 0.480 e. The molecule has 1 aromatic heterocycles. The summed E-state index contributed by atoms with van der Waals surface area (Å²) in [6, 6.07) is -0.167. The number of carboxylic acid groups (broad SMARTS) is 1. The van der Waals surface area contributed by atoms with Crippen LogP contribution in [0.4, 0.5) is 0 Å². The number of piperazine rings is 1. The molecule has 2 fully saturated rings. The van der Waals surface area contributed by atoms with Crippen molar-refractivity contribution in [3.05, 3.63) is 18.2 Å². The molecule has 1 amide bonds. The van der Waals surface area contributed by atoms with Crippen LogP contribution in [-0.2, 0) is 16.1 Å². The molecule has 1 aromatic rings. The minimum Gasteiger partial charge on any atom is -0.480 e. The smallest absolute Gasteiger partial charge is 0.322 e. The lowest BCUT2D eigenvalue weighted by molar-refractivity contribution is -0.146. The van der Waals surface area contributed by atoms with Crippen LogP contribution in [0.3, 0.4) is 0 Å². The van der Waals surface area contributed by atoms with Crippen LogP contribution in [-0.4, -0.2) is 50.6 Å². The Balaban J connectivity index is 1.76. The average Bonchev–Trinajstić information content (AvgIpc) is 3.10. The second-order valence-electron chi connectivity index (χ2n) is 5.09. The highest BCUT2D eigenvalue weighted by molar-refractivity contribution is 5.83. The van der Waals surface area contributed by atoms with E-state index in [9.17, 15) is 14.7 Å². The van der Waals surface area contributed by atoms with E-state index in [-0.39, 0.29) is 19.0 Å². The molecule has 2 N–H and O–H groups in total. The van der Waals surface area contributed by atoms with Gasteiger partial charge < -0.3 is 15.0 Å². The highest BCUT2D eigenvalue weighted by Gasteiger charge is 2.33. The maximum atomic E-state index is 11.4. The fourth-order valence-corrected chi connectivity index (χ4v) is 2.44. The van der Waals surface area contributed by atoms with Gasteiger partial charge in [0.05, 0.1) is 18.6 Å². The fourth-order valence-electron chi connectivity index (χ4n) is 2.44. The van der Waals surface area contributed by atoms with Crippen LogP contribution in [0.5, 0.6) is 0 Å². The first-order valence-electron chi connectivity index (χ1n) is 6.39. The van der Waals surface area contributed by atoms with E-state index in [1.165, 1.54) is 0 Å². The zero-order valence-corrected chi connectivity index (χ0v) is 10.5. The third kappa shape index (κ3) is 2.46. The molecule has 0 aromatic carbocycles. The first kappa shape index (κ1) is 12.2. The number of carbonyl (C=O) groups excluding carboxylic acids is 1. The Kier molecular flexibility index (Phi) is 2.98. The fraction of sp³-hybridized carbons (Fsp3) is 0.583. The Hall–Kier alpha value is -1.89. The van der Waals surface area contributed by atoms with E-state index in [1.54, 1.807) is 17.4 Å². The van der Waals surface area contributed by atoms with Crippen molar-refractivity contribution in [3.8, 4) is 0 Å². The van der Waals surface area contributed by atoms with E-state index in [4.69, 9.17) is 0 Å². The molecule has 7 nitrogen and oxygen atoms in total. The van der Waals surface area contributed by atoms with E-state index in [1.807, 2.05) is 0 Å². The quantitative estimate of drug-likeness (QED) is 0.773. The molecule has 1 aliphatic heterocycles. The minimum atomic E-state index is -0.905. The number of aromatic nitrogens is 2. The van der Waals surface area contributed by atoms with Crippen LogP contribution in [0.15, 0.2) is 12.5 Å². The van der Waals surface area contributed by atoms with Crippen LogP contribution in [0, 0.1) is 0 Å². The number of carbonyl (C=O) groups is 2. The van der Waals surface area contributed by atoms with Gasteiger partial charge in [0, 0.05) is 25.3 Å². The van der Waals surface area contributed by atoms with Gasteiger partial charge in [-0.15, -0.1) is 0 Å². The van der Waals surface area contributed by atoms with Gasteiger partial charge >= 0.3 is 5.97 Å². The number of hydrogen-bond donors (Lipinski definition) is 2. The monoisotopic (exact) mass is 264 g/mol. The second kappa shape index (κ2) is 4.65. The Bertz CT molecular complexity index is 509. The lowest BCUT2D eigenvalue weighted by atomic mass is 10.2.